The van der Waals surface area contributed by atoms with E-state index in [1.165, 1.54) is 12.1 Å². The van der Waals surface area contributed by atoms with Crippen molar-refractivity contribution < 1.29 is 9.18 Å². The lowest BCUT2D eigenvalue weighted by molar-refractivity contribution is -0.134. The van der Waals surface area contributed by atoms with E-state index in [1.807, 2.05) is 26.4 Å². The molecule has 0 unspecified atom stereocenters. The molecule has 1 aliphatic heterocycles. The lowest BCUT2D eigenvalue weighted by Crippen LogP contribution is -2.36. The number of carbonyl (C=O) groups is 1. The molecule has 0 bridgehead atoms. The van der Waals surface area contributed by atoms with Crippen molar-refractivity contribution in [2.45, 2.75) is 38.6 Å². The number of halogens is 1. The molecule has 1 fully saturated rings. The summed E-state index contributed by atoms with van der Waals surface area (Å²) in [6.07, 6.45) is 8.32. The topological polar surface area (TPSA) is 68.3 Å². The zero-order chi connectivity index (χ0) is 23.4. The number of carbonyl (C=O) groups excluding carboxylic acids is 1. The second kappa shape index (κ2) is 7.75. The molecule has 2 aliphatic rings. The van der Waals surface area contributed by atoms with Gasteiger partial charge in [-0.25, -0.2) is 18.9 Å². The Labute approximate surface area is 197 Å². The molecule has 0 radical (unpaired) electrons. The number of nitrogens with zero attached hydrogens (tertiary/aromatic N) is 6. The van der Waals surface area contributed by atoms with Gasteiger partial charge in [0.2, 0.25) is 5.91 Å². The van der Waals surface area contributed by atoms with Crippen LogP contribution in [0.5, 0.6) is 0 Å². The summed E-state index contributed by atoms with van der Waals surface area (Å²) in [6.45, 7) is 0.879. The highest BCUT2D eigenvalue weighted by molar-refractivity contribution is 5.80. The molecular weight excluding hydrogens is 431 g/mol. The molecule has 0 saturated heterocycles. The maximum atomic E-state index is 13.6. The molecule has 1 amide bonds. The Morgan fingerprint density at radius 3 is 2.56 bits per heavy atom. The lowest BCUT2D eigenvalue weighted by atomic mass is 9.69. The van der Waals surface area contributed by atoms with E-state index >= 15 is 0 Å². The molecule has 4 aromatic rings. The van der Waals surface area contributed by atoms with Gasteiger partial charge >= 0.3 is 0 Å². The fraction of sp³-hybridized carbons (Fsp3) is 0.385. The Bertz CT molecular complexity index is 1380. The van der Waals surface area contributed by atoms with Gasteiger partial charge in [0, 0.05) is 50.3 Å². The summed E-state index contributed by atoms with van der Waals surface area (Å²) in [6, 6.07) is 10.6. The van der Waals surface area contributed by atoms with Gasteiger partial charge in [0.25, 0.3) is 0 Å². The zero-order valence-corrected chi connectivity index (χ0v) is 19.4. The average Bonchev–Trinajstić information content (AvgIpc) is 3.52. The maximum absolute atomic E-state index is 13.6. The second-order valence-electron chi connectivity index (χ2n) is 9.98. The molecule has 3 aromatic heterocycles. The van der Waals surface area contributed by atoms with Gasteiger partial charge < -0.3 is 9.47 Å². The van der Waals surface area contributed by atoms with E-state index in [1.54, 1.807) is 27.9 Å². The molecule has 1 saturated carbocycles. The summed E-state index contributed by atoms with van der Waals surface area (Å²) >= 11 is 0. The van der Waals surface area contributed by atoms with E-state index in [0.29, 0.717) is 0 Å². The van der Waals surface area contributed by atoms with Gasteiger partial charge in [0.05, 0.1) is 11.4 Å². The van der Waals surface area contributed by atoms with Crippen LogP contribution in [0.4, 0.5) is 4.39 Å². The van der Waals surface area contributed by atoms with Gasteiger partial charge in [-0.05, 0) is 67.5 Å². The number of pyridine rings is 1. The summed E-state index contributed by atoms with van der Waals surface area (Å²) in [4.78, 5) is 23.6. The lowest BCUT2D eigenvalue weighted by Gasteiger charge is -2.37. The van der Waals surface area contributed by atoms with Crippen LogP contribution in [0.2, 0.25) is 0 Å². The Kier molecular flexibility index (Phi) is 4.79. The fourth-order valence-electron chi connectivity index (χ4n) is 5.77. The van der Waals surface area contributed by atoms with Crippen LogP contribution in [0.15, 0.2) is 48.9 Å². The van der Waals surface area contributed by atoms with Crippen molar-refractivity contribution in [3.05, 3.63) is 60.6 Å². The van der Waals surface area contributed by atoms with Crippen molar-refractivity contribution >= 4 is 11.6 Å². The van der Waals surface area contributed by atoms with Crippen LogP contribution >= 0.6 is 0 Å². The number of rotatable bonds is 3. The van der Waals surface area contributed by atoms with E-state index < -0.39 is 0 Å². The molecule has 1 spiro atoms. The van der Waals surface area contributed by atoms with Crippen molar-refractivity contribution in [2.75, 3.05) is 14.1 Å². The SMILES string of the molecule is CN(C)C(=O)C1CCC2(CC1)Cc1nc(-c3ccc(F)cc3)c(-c3ccc4ncnn4c3)n1C2. The van der Waals surface area contributed by atoms with Crippen LogP contribution in [0.1, 0.15) is 31.5 Å². The van der Waals surface area contributed by atoms with Gasteiger partial charge in [-0.3, -0.25) is 4.79 Å². The summed E-state index contributed by atoms with van der Waals surface area (Å²) in [5.74, 6) is 1.16. The van der Waals surface area contributed by atoms with Crippen molar-refractivity contribution in [3.63, 3.8) is 0 Å². The number of aromatic nitrogens is 5. The fourth-order valence-corrected chi connectivity index (χ4v) is 5.77. The molecule has 1 aromatic carbocycles. The van der Waals surface area contributed by atoms with Crippen LogP contribution in [0, 0.1) is 17.2 Å². The van der Waals surface area contributed by atoms with Gasteiger partial charge in [-0.2, -0.15) is 5.10 Å². The second-order valence-corrected chi connectivity index (χ2v) is 9.98. The highest BCUT2D eigenvalue weighted by Crippen LogP contribution is 2.49. The normalized spacial score (nSPS) is 21.8. The summed E-state index contributed by atoms with van der Waals surface area (Å²) < 4.78 is 17.7. The first-order chi connectivity index (χ1) is 16.4. The smallest absolute Gasteiger partial charge is 0.225 e. The summed E-state index contributed by atoms with van der Waals surface area (Å²) in [5.41, 5.74) is 4.71. The highest BCUT2D eigenvalue weighted by atomic mass is 19.1. The Morgan fingerprint density at radius 1 is 1.09 bits per heavy atom. The molecule has 174 valence electrons. The van der Waals surface area contributed by atoms with Crippen LogP contribution in [0.25, 0.3) is 28.2 Å². The summed E-state index contributed by atoms with van der Waals surface area (Å²) in [7, 11) is 3.68. The molecule has 0 N–H and O–H groups in total. The van der Waals surface area contributed by atoms with E-state index in [9.17, 15) is 9.18 Å². The number of imidazole rings is 1. The third-order valence-corrected chi connectivity index (χ3v) is 7.57. The van der Waals surface area contributed by atoms with E-state index in [0.717, 1.165) is 72.6 Å². The maximum Gasteiger partial charge on any atom is 0.225 e. The van der Waals surface area contributed by atoms with E-state index in [-0.39, 0.29) is 23.1 Å². The molecule has 1 aliphatic carbocycles. The van der Waals surface area contributed by atoms with Crippen molar-refractivity contribution in [3.8, 4) is 22.5 Å². The Hall–Kier alpha value is -3.55. The van der Waals surface area contributed by atoms with Crippen molar-refractivity contribution in [1.29, 1.82) is 0 Å². The molecule has 8 heteroatoms. The first-order valence-corrected chi connectivity index (χ1v) is 11.8. The molecule has 34 heavy (non-hydrogen) atoms. The van der Waals surface area contributed by atoms with Crippen LogP contribution < -0.4 is 0 Å². The largest absolute Gasteiger partial charge is 0.349 e. The van der Waals surface area contributed by atoms with Crippen molar-refractivity contribution in [2.24, 2.45) is 11.3 Å². The first-order valence-electron chi connectivity index (χ1n) is 11.8. The van der Waals surface area contributed by atoms with Crippen molar-refractivity contribution in [1.82, 2.24) is 29.0 Å². The molecule has 4 heterocycles. The third-order valence-electron chi connectivity index (χ3n) is 7.57. The Morgan fingerprint density at radius 2 is 1.82 bits per heavy atom. The van der Waals surface area contributed by atoms with E-state index in [2.05, 4.69) is 20.7 Å². The Balaban J connectivity index is 1.39. The monoisotopic (exact) mass is 458 g/mol. The number of hydrogen-bond acceptors (Lipinski definition) is 4. The minimum absolute atomic E-state index is 0.123. The van der Waals surface area contributed by atoms with Crippen LogP contribution in [0.3, 0.4) is 0 Å². The minimum Gasteiger partial charge on any atom is -0.349 e. The first kappa shape index (κ1) is 21.0. The third kappa shape index (κ3) is 3.40. The standard InChI is InChI=1S/C26H27FN6O/c1-31(2)25(34)18-9-11-26(12-10-18)13-22-30-23(17-3-6-20(27)7-4-17)24(32(22)15-26)19-5-8-21-28-16-29-33(21)14-19/h3-8,14,16,18H,9-13,15H2,1-2H3. The number of amides is 1. The van der Waals surface area contributed by atoms with Gasteiger partial charge in [-0.15, -0.1) is 0 Å². The predicted octanol–water partition coefficient (Wildman–Crippen LogP) is 4.22. The van der Waals surface area contributed by atoms with Gasteiger partial charge in [-0.1, -0.05) is 0 Å². The number of hydrogen-bond donors (Lipinski definition) is 0. The quantitative estimate of drug-likeness (QED) is 0.461. The van der Waals surface area contributed by atoms with Gasteiger partial charge in [0.1, 0.15) is 18.0 Å². The molecule has 0 atom stereocenters. The number of fused-ring (bicyclic) bond motifs is 2. The average molecular weight is 459 g/mol. The van der Waals surface area contributed by atoms with Gasteiger partial charge in [0.15, 0.2) is 5.65 Å². The minimum atomic E-state index is -0.260. The van der Waals surface area contributed by atoms with Crippen LogP contribution in [-0.4, -0.2) is 49.1 Å². The van der Waals surface area contributed by atoms with E-state index in [4.69, 9.17) is 4.98 Å². The molecule has 6 rings (SSSR count). The predicted molar refractivity (Wildman–Crippen MR) is 126 cm³/mol. The molecular formula is C26H27FN6O. The molecule has 7 nitrogen and oxygen atoms in total. The number of benzene rings is 1. The summed E-state index contributed by atoms with van der Waals surface area (Å²) in [5, 5.41) is 4.31. The highest BCUT2D eigenvalue weighted by Gasteiger charge is 2.44. The zero-order valence-electron chi connectivity index (χ0n) is 19.4. The van der Waals surface area contributed by atoms with Crippen LogP contribution in [-0.2, 0) is 17.8 Å².